The molecule has 1 aromatic carbocycles. The van der Waals surface area contributed by atoms with Gasteiger partial charge < -0.3 is 0 Å². The molecule has 1 aromatic rings. The highest BCUT2D eigenvalue weighted by Gasteiger charge is 2.24. The van der Waals surface area contributed by atoms with Crippen molar-refractivity contribution in [1.82, 2.24) is 4.90 Å². The molecule has 0 spiro atoms. The smallest absolute Gasteiger partial charge is 0.123 e. The Labute approximate surface area is 111 Å². The molecule has 0 amide bonds. The molecule has 0 aromatic heterocycles. The van der Waals surface area contributed by atoms with Crippen LogP contribution in [0.4, 0.5) is 4.39 Å². The van der Waals surface area contributed by atoms with Gasteiger partial charge in [-0.2, -0.15) is 0 Å². The molecule has 0 N–H and O–H groups in total. The summed E-state index contributed by atoms with van der Waals surface area (Å²) in [6, 6.07) is 5.06. The van der Waals surface area contributed by atoms with Gasteiger partial charge in [0.15, 0.2) is 0 Å². The highest BCUT2D eigenvalue weighted by molar-refractivity contribution is 9.09. The van der Waals surface area contributed by atoms with Crippen molar-refractivity contribution in [3.05, 3.63) is 35.1 Å². The van der Waals surface area contributed by atoms with Crippen LogP contribution in [0.5, 0.6) is 0 Å². The van der Waals surface area contributed by atoms with Gasteiger partial charge in [0.2, 0.25) is 0 Å². The first-order valence-electron chi connectivity index (χ1n) is 6.17. The van der Waals surface area contributed by atoms with E-state index in [1.54, 1.807) is 6.07 Å². The zero-order valence-corrected chi connectivity index (χ0v) is 12.0. The summed E-state index contributed by atoms with van der Waals surface area (Å²) in [6.07, 6.45) is 1.21. The van der Waals surface area contributed by atoms with Crippen LogP contribution in [0.3, 0.4) is 0 Å². The molecule has 2 rings (SSSR count). The van der Waals surface area contributed by atoms with Crippen molar-refractivity contribution in [3.8, 4) is 0 Å². The fourth-order valence-corrected chi connectivity index (χ4v) is 2.95. The molecule has 1 fully saturated rings. The van der Waals surface area contributed by atoms with Crippen LogP contribution in [-0.4, -0.2) is 22.8 Å². The van der Waals surface area contributed by atoms with E-state index < -0.39 is 0 Å². The van der Waals surface area contributed by atoms with Gasteiger partial charge in [0.05, 0.1) is 0 Å². The average Bonchev–Trinajstić information content (AvgIpc) is 2.29. The minimum absolute atomic E-state index is 0.133. The van der Waals surface area contributed by atoms with Gasteiger partial charge in [0, 0.05) is 17.9 Å². The van der Waals surface area contributed by atoms with Crippen molar-refractivity contribution in [2.45, 2.75) is 31.6 Å². The van der Waals surface area contributed by atoms with Crippen LogP contribution in [0.25, 0.3) is 0 Å². The molecule has 1 aliphatic heterocycles. The fraction of sp³-hybridized carbons (Fsp3) is 0.571. The van der Waals surface area contributed by atoms with E-state index in [0.717, 1.165) is 31.1 Å². The molecule has 2 atom stereocenters. The van der Waals surface area contributed by atoms with E-state index in [1.807, 2.05) is 13.0 Å². The first kappa shape index (κ1) is 13.0. The molecule has 2 unspecified atom stereocenters. The van der Waals surface area contributed by atoms with Gasteiger partial charge >= 0.3 is 0 Å². The van der Waals surface area contributed by atoms with Crippen LogP contribution in [0.2, 0.25) is 0 Å². The SMILES string of the molecule is Cc1ccc(F)cc1CN1CCC(C)C(Br)C1. The van der Waals surface area contributed by atoms with Gasteiger partial charge in [-0.25, -0.2) is 4.39 Å². The summed E-state index contributed by atoms with van der Waals surface area (Å²) in [6.45, 7) is 7.35. The Morgan fingerprint density at radius 1 is 1.47 bits per heavy atom. The van der Waals surface area contributed by atoms with Crippen LogP contribution in [0, 0.1) is 18.7 Å². The van der Waals surface area contributed by atoms with Crippen molar-refractivity contribution in [2.24, 2.45) is 5.92 Å². The zero-order chi connectivity index (χ0) is 12.4. The molecular formula is C14H19BrFN. The van der Waals surface area contributed by atoms with Crippen molar-refractivity contribution in [2.75, 3.05) is 13.1 Å². The average molecular weight is 300 g/mol. The molecule has 0 radical (unpaired) electrons. The van der Waals surface area contributed by atoms with Crippen molar-refractivity contribution >= 4 is 15.9 Å². The molecular weight excluding hydrogens is 281 g/mol. The molecule has 1 aliphatic rings. The van der Waals surface area contributed by atoms with Crippen LogP contribution < -0.4 is 0 Å². The molecule has 1 saturated heterocycles. The summed E-state index contributed by atoms with van der Waals surface area (Å²) in [5.41, 5.74) is 2.29. The molecule has 0 bridgehead atoms. The zero-order valence-electron chi connectivity index (χ0n) is 10.4. The second-order valence-electron chi connectivity index (χ2n) is 5.09. The number of alkyl halides is 1. The summed E-state index contributed by atoms with van der Waals surface area (Å²) < 4.78 is 13.2. The van der Waals surface area contributed by atoms with E-state index in [2.05, 4.69) is 27.8 Å². The lowest BCUT2D eigenvalue weighted by Crippen LogP contribution is -2.39. The number of hydrogen-bond donors (Lipinski definition) is 0. The molecule has 1 heterocycles. The third-order valence-electron chi connectivity index (χ3n) is 3.66. The number of rotatable bonds is 2. The minimum atomic E-state index is -0.133. The lowest BCUT2D eigenvalue weighted by atomic mass is 9.98. The Kier molecular flexibility index (Phi) is 4.21. The van der Waals surface area contributed by atoms with Crippen LogP contribution >= 0.6 is 15.9 Å². The highest BCUT2D eigenvalue weighted by atomic mass is 79.9. The van der Waals surface area contributed by atoms with Crippen molar-refractivity contribution in [3.63, 3.8) is 0 Å². The van der Waals surface area contributed by atoms with Crippen LogP contribution in [-0.2, 0) is 6.54 Å². The normalized spacial score (nSPS) is 26.1. The number of halogens is 2. The van der Waals surface area contributed by atoms with Gasteiger partial charge in [0.25, 0.3) is 0 Å². The summed E-state index contributed by atoms with van der Waals surface area (Å²) >= 11 is 3.72. The summed E-state index contributed by atoms with van der Waals surface area (Å²) in [4.78, 5) is 2.96. The summed E-state index contributed by atoms with van der Waals surface area (Å²) in [5.74, 6) is 0.603. The van der Waals surface area contributed by atoms with E-state index in [4.69, 9.17) is 0 Å². The minimum Gasteiger partial charge on any atom is -0.298 e. The predicted molar refractivity (Wildman–Crippen MR) is 72.9 cm³/mol. The molecule has 17 heavy (non-hydrogen) atoms. The lowest BCUT2D eigenvalue weighted by molar-refractivity contribution is 0.193. The Balaban J connectivity index is 2.03. The molecule has 94 valence electrons. The largest absolute Gasteiger partial charge is 0.298 e. The predicted octanol–water partition coefficient (Wildman–Crippen LogP) is 3.74. The second kappa shape index (κ2) is 5.49. The van der Waals surface area contributed by atoms with Crippen LogP contribution in [0.1, 0.15) is 24.5 Å². The second-order valence-corrected chi connectivity index (χ2v) is 6.26. The number of likely N-dealkylation sites (tertiary alicyclic amines) is 1. The maximum absolute atomic E-state index is 13.2. The number of benzene rings is 1. The van der Waals surface area contributed by atoms with Gasteiger partial charge in [-0.3, -0.25) is 4.90 Å². The quantitative estimate of drug-likeness (QED) is 0.752. The van der Waals surface area contributed by atoms with Gasteiger partial charge in [-0.05, 0) is 49.1 Å². The third kappa shape index (κ3) is 3.29. The van der Waals surface area contributed by atoms with E-state index >= 15 is 0 Å². The molecule has 0 aliphatic carbocycles. The van der Waals surface area contributed by atoms with E-state index in [1.165, 1.54) is 18.1 Å². The maximum atomic E-state index is 13.2. The van der Waals surface area contributed by atoms with Crippen LogP contribution in [0.15, 0.2) is 18.2 Å². The fourth-order valence-electron chi connectivity index (χ4n) is 2.28. The first-order valence-corrected chi connectivity index (χ1v) is 7.09. The van der Waals surface area contributed by atoms with Gasteiger partial charge in [-0.15, -0.1) is 0 Å². The molecule has 3 heteroatoms. The Morgan fingerprint density at radius 2 is 2.24 bits per heavy atom. The number of aryl methyl sites for hydroxylation is 1. The van der Waals surface area contributed by atoms with Gasteiger partial charge in [0.1, 0.15) is 5.82 Å². The molecule has 0 saturated carbocycles. The topological polar surface area (TPSA) is 3.24 Å². The summed E-state index contributed by atoms with van der Waals surface area (Å²) in [7, 11) is 0. The van der Waals surface area contributed by atoms with E-state index in [0.29, 0.717) is 4.83 Å². The van der Waals surface area contributed by atoms with Gasteiger partial charge in [-0.1, -0.05) is 28.9 Å². The van der Waals surface area contributed by atoms with Crippen molar-refractivity contribution in [1.29, 1.82) is 0 Å². The first-order chi connectivity index (χ1) is 8.06. The maximum Gasteiger partial charge on any atom is 0.123 e. The lowest BCUT2D eigenvalue weighted by Gasteiger charge is -2.34. The number of hydrogen-bond acceptors (Lipinski definition) is 1. The Morgan fingerprint density at radius 3 is 2.94 bits per heavy atom. The standard InChI is InChI=1S/C14H19BrFN/c1-10-3-4-13(16)7-12(10)8-17-6-5-11(2)14(15)9-17/h3-4,7,11,14H,5-6,8-9H2,1-2H3. The molecule has 1 nitrogen and oxygen atoms in total. The van der Waals surface area contributed by atoms with E-state index in [-0.39, 0.29) is 5.82 Å². The monoisotopic (exact) mass is 299 g/mol. The number of piperidine rings is 1. The Hall–Kier alpha value is -0.410. The summed E-state index contributed by atoms with van der Waals surface area (Å²) in [5, 5.41) is 0. The highest BCUT2D eigenvalue weighted by Crippen LogP contribution is 2.25. The van der Waals surface area contributed by atoms with Crippen molar-refractivity contribution < 1.29 is 4.39 Å². The third-order valence-corrected chi connectivity index (χ3v) is 4.85. The Bertz CT molecular complexity index is 394. The van der Waals surface area contributed by atoms with E-state index in [9.17, 15) is 4.39 Å². The number of nitrogens with zero attached hydrogens (tertiary/aromatic N) is 1.